The molecule has 2 aromatic heterocycles. The van der Waals surface area contributed by atoms with Gasteiger partial charge in [0, 0.05) is 37.9 Å². The molecule has 0 bridgehead atoms. The van der Waals surface area contributed by atoms with Gasteiger partial charge in [-0.2, -0.15) is 0 Å². The third-order valence-corrected chi connectivity index (χ3v) is 6.33. The van der Waals surface area contributed by atoms with Gasteiger partial charge in [0.25, 0.3) is 5.56 Å². The number of fused-ring (bicyclic) bond motifs is 1. The molecule has 194 valence electrons. The standard InChI is InChI=1S/C27H37ClN6O2/c1-17(2)14-21-26-25(18(3)15-29-21)31-23(32-26)16-34-22(28)13-12-20(27(34)36)30-19(4)10-8-7-9-11-24(35)33(5)6/h9,11-13,17-18,30H,4,7-8,10,14-16H2,1-3,5-6H3,(H,31,32)/b11-9+. The monoisotopic (exact) mass is 512 g/mol. The number of nitrogens with zero attached hydrogens (tertiary/aromatic N) is 4. The van der Waals surface area contributed by atoms with Crippen LogP contribution in [-0.2, 0) is 11.3 Å². The average molecular weight is 513 g/mol. The lowest BCUT2D eigenvalue weighted by atomic mass is 9.96. The zero-order chi connectivity index (χ0) is 26.4. The van der Waals surface area contributed by atoms with Gasteiger partial charge in [0.1, 0.15) is 22.4 Å². The predicted molar refractivity (Wildman–Crippen MR) is 147 cm³/mol. The Bertz CT molecular complexity index is 1220. The van der Waals surface area contributed by atoms with Crippen molar-refractivity contribution in [3.8, 4) is 0 Å². The zero-order valence-electron chi connectivity index (χ0n) is 21.9. The molecule has 0 radical (unpaired) electrons. The lowest BCUT2D eigenvalue weighted by Crippen LogP contribution is -2.24. The summed E-state index contributed by atoms with van der Waals surface area (Å²) in [5, 5.41) is 3.47. The molecule has 0 saturated heterocycles. The van der Waals surface area contributed by atoms with E-state index in [1.807, 2.05) is 6.08 Å². The third kappa shape index (κ3) is 6.97. The van der Waals surface area contributed by atoms with Crippen molar-refractivity contribution in [2.45, 2.75) is 58.9 Å². The van der Waals surface area contributed by atoms with E-state index in [2.05, 4.69) is 37.7 Å². The van der Waals surface area contributed by atoms with E-state index in [9.17, 15) is 9.59 Å². The first-order chi connectivity index (χ1) is 17.1. The first-order valence-electron chi connectivity index (χ1n) is 12.4. The maximum Gasteiger partial charge on any atom is 0.275 e. The second-order valence-electron chi connectivity index (χ2n) is 9.95. The fraction of sp³-hybridized carbons (Fsp3) is 0.481. The number of aromatic amines is 1. The number of hydrogen-bond acceptors (Lipinski definition) is 5. The zero-order valence-corrected chi connectivity index (χ0v) is 22.7. The van der Waals surface area contributed by atoms with E-state index in [0.717, 1.165) is 48.6 Å². The summed E-state index contributed by atoms with van der Waals surface area (Å²) in [6, 6.07) is 3.37. The SMILES string of the molecule is C=C(CCC/C=C/C(=O)N(C)C)Nc1ccc(Cl)n(Cc2nc3c([nH]2)C(C)CN=C3CC(C)C)c1=O. The number of carbonyl (C=O) groups excluding carboxylic acids is 1. The Morgan fingerprint density at radius 1 is 1.39 bits per heavy atom. The number of carbonyl (C=O) groups is 1. The second kappa shape index (κ2) is 12.2. The largest absolute Gasteiger partial charge is 0.355 e. The first-order valence-corrected chi connectivity index (χ1v) is 12.8. The molecule has 1 unspecified atom stereocenters. The Hall–Kier alpha value is -3.13. The average Bonchev–Trinajstić information content (AvgIpc) is 3.25. The van der Waals surface area contributed by atoms with Crippen LogP contribution in [0.3, 0.4) is 0 Å². The lowest BCUT2D eigenvalue weighted by Gasteiger charge is -2.18. The van der Waals surface area contributed by atoms with E-state index in [0.29, 0.717) is 29.0 Å². The highest BCUT2D eigenvalue weighted by Crippen LogP contribution is 2.26. The number of amides is 1. The Labute approximate surface area is 218 Å². The minimum absolute atomic E-state index is 0.0380. The van der Waals surface area contributed by atoms with Crippen molar-refractivity contribution >= 4 is 28.9 Å². The Morgan fingerprint density at radius 3 is 2.83 bits per heavy atom. The number of likely N-dealkylation sites (N-methyl/N-ethyl adjacent to an activating group) is 1. The number of aliphatic imine (C=N–C) groups is 1. The van der Waals surface area contributed by atoms with Crippen LogP contribution in [-0.4, -0.2) is 51.7 Å². The van der Waals surface area contributed by atoms with Crippen molar-refractivity contribution in [3.05, 3.63) is 69.3 Å². The summed E-state index contributed by atoms with van der Waals surface area (Å²) in [6.07, 6.45) is 6.51. The fourth-order valence-corrected chi connectivity index (χ4v) is 4.22. The van der Waals surface area contributed by atoms with E-state index < -0.39 is 0 Å². The number of H-pyrrole nitrogens is 1. The summed E-state index contributed by atoms with van der Waals surface area (Å²) >= 11 is 6.42. The maximum absolute atomic E-state index is 13.2. The molecule has 0 aromatic carbocycles. The van der Waals surface area contributed by atoms with Gasteiger partial charge in [-0.1, -0.05) is 45.0 Å². The minimum atomic E-state index is -0.237. The molecule has 1 aliphatic rings. The number of allylic oxidation sites excluding steroid dienone is 2. The number of pyridine rings is 1. The number of anilines is 1. The van der Waals surface area contributed by atoms with Crippen LogP contribution >= 0.6 is 11.6 Å². The number of unbranched alkanes of at least 4 members (excludes halogenated alkanes) is 1. The highest BCUT2D eigenvalue weighted by Gasteiger charge is 2.25. The molecule has 1 amide bonds. The predicted octanol–water partition coefficient (Wildman–Crippen LogP) is 4.97. The molecule has 0 aliphatic carbocycles. The van der Waals surface area contributed by atoms with Crippen molar-refractivity contribution in [3.63, 3.8) is 0 Å². The molecule has 8 nitrogen and oxygen atoms in total. The van der Waals surface area contributed by atoms with Crippen LogP contribution in [0.4, 0.5) is 5.69 Å². The summed E-state index contributed by atoms with van der Waals surface area (Å²) in [5.74, 6) is 1.37. The van der Waals surface area contributed by atoms with Crippen LogP contribution in [0.15, 0.2) is 46.3 Å². The fourth-order valence-electron chi connectivity index (χ4n) is 4.02. The number of aromatic nitrogens is 3. The van der Waals surface area contributed by atoms with Crippen molar-refractivity contribution < 1.29 is 4.79 Å². The van der Waals surface area contributed by atoms with Gasteiger partial charge in [-0.25, -0.2) is 4.98 Å². The molecule has 9 heteroatoms. The number of imidazole rings is 1. The highest BCUT2D eigenvalue weighted by atomic mass is 35.5. The quantitative estimate of drug-likeness (QED) is 0.252. The smallest absolute Gasteiger partial charge is 0.275 e. The molecule has 0 saturated carbocycles. The topological polar surface area (TPSA) is 95.4 Å². The van der Waals surface area contributed by atoms with Gasteiger partial charge in [0.05, 0.1) is 12.3 Å². The summed E-state index contributed by atoms with van der Waals surface area (Å²) in [5.41, 5.74) is 3.90. The molecule has 1 aliphatic heterocycles. The maximum atomic E-state index is 13.2. The van der Waals surface area contributed by atoms with E-state index in [1.165, 1.54) is 9.47 Å². The number of nitrogens with one attached hydrogen (secondary N) is 2. The Balaban J connectivity index is 1.68. The normalized spacial score (nSPS) is 15.2. The molecule has 3 heterocycles. The summed E-state index contributed by atoms with van der Waals surface area (Å²) in [7, 11) is 3.44. The van der Waals surface area contributed by atoms with E-state index in [1.54, 1.807) is 32.3 Å². The number of hydrogen-bond donors (Lipinski definition) is 2. The highest BCUT2D eigenvalue weighted by molar-refractivity contribution is 6.29. The summed E-state index contributed by atoms with van der Waals surface area (Å²) in [4.78, 5) is 39.3. The van der Waals surface area contributed by atoms with E-state index in [4.69, 9.17) is 21.6 Å². The molecule has 0 spiro atoms. The van der Waals surface area contributed by atoms with Gasteiger partial charge in [-0.3, -0.25) is 19.1 Å². The van der Waals surface area contributed by atoms with Crippen LogP contribution in [0.25, 0.3) is 0 Å². The molecule has 2 N–H and O–H groups in total. The number of rotatable bonds is 11. The van der Waals surface area contributed by atoms with Gasteiger partial charge in [-0.15, -0.1) is 0 Å². The van der Waals surface area contributed by atoms with Crippen LogP contribution in [0.5, 0.6) is 0 Å². The van der Waals surface area contributed by atoms with Gasteiger partial charge in [-0.05, 0) is 49.8 Å². The Morgan fingerprint density at radius 2 is 2.14 bits per heavy atom. The Kier molecular flexibility index (Phi) is 9.31. The molecule has 2 aromatic rings. The molecule has 3 rings (SSSR count). The lowest BCUT2D eigenvalue weighted by molar-refractivity contribution is -0.123. The van der Waals surface area contributed by atoms with Crippen LogP contribution < -0.4 is 10.9 Å². The molecular formula is C27H37ClN6O2. The van der Waals surface area contributed by atoms with E-state index in [-0.39, 0.29) is 23.9 Å². The van der Waals surface area contributed by atoms with Crippen molar-refractivity contribution in [2.24, 2.45) is 10.9 Å². The van der Waals surface area contributed by atoms with Crippen LogP contribution in [0.1, 0.15) is 69.6 Å². The molecule has 0 fully saturated rings. The summed E-state index contributed by atoms with van der Waals surface area (Å²) < 4.78 is 1.50. The van der Waals surface area contributed by atoms with Crippen molar-refractivity contribution in [2.75, 3.05) is 26.0 Å². The van der Waals surface area contributed by atoms with Gasteiger partial charge >= 0.3 is 0 Å². The minimum Gasteiger partial charge on any atom is -0.355 e. The van der Waals surface area contributed by atoms with Gasteiger partial charge < -0.3 is 15.2 Å². The first kappa shape index (κ1) is 27.5. The third-order valence-electron chi connectivity index (χ3n) is 6.00. The molecule has 1 atom stereocenters. The molecule has 36 heavy (non-hydrogen) atoms. The van der Waals surface area contributed by atoms with Crippen molar-refractivity contribution in [1.29, 1.82) is 0 Å². The van der Waals surface area contributed by atoms with Crippen LogP contribution in [0, 0.1) is 5.92 Å². The molecular weight excluding hydrogens is 476 g/mol. The second-order valence-corrected chi connectivity index (χ2v) is 10.3. The van der Waals surface area contributed by atoms with Crippen molar-refractivity contribution in [1.82, 2.24) is 19.4 Å². The van der Waals surface area contributed by atoms with Gasteiger partial charge in [0.15, 0.2) is 0 Å². The summed E-state index contributed by atoms with van der Waals surface area (Å²) in [6.45, 7) is 11.5. The van der Waals surface area contributed by atoms with Gasteiger partial charge in [0.2, 0.25) is 5.91 Å². The number of halogens is 1. The van der Waals surface area contributed by atoms with Crippen LogP contribution in [0.2, 0.25) is 5.15 Å². The van der Waals surface area contributed by atoms with E-state index >= 15 is 0 Å².